The molecule has 1 aromatic heterocycles. The predicted octanol–water partition coefficient (Wildman–Crippen LogP) is 2.51. The van der Waals surface area contributed by atoms with E-state index in [9.17, 15) is 0 Å². The van der Waals surface area contributed by atoms with Gasteiger partial charge in [0.1, 0.15) is 11.6 Å². The summed E-state index contributed by atoms with van der Waals surface area (Å²) in [6, 6.07) is 1.83. The molecule has 0 aromatic carbocycles. The molecule has 1 heterocycles. The van der Waals surface area contributed by atoms with Crippen molar-refractivity contribution in [1.29, 1.82) is 0 Å². The van der Waals surface area contributed by atoms with Crippen molar-refractivity contribution in [2.24, 2.45) is 5.92 Å². The molecule has 4 nitrogen and oxygen atoms in total. The monoisotopic (exact) mass is 223 g/mol. The van der Waals surface area contributed by atoms with E-state index in [2.05, 4.69) is 29.1 Å². The number of hydrogen-bond donors (Lipinski definition) is 1. The first-order valence-electron chi connectivity index (χ1n) is 5.84. The molecule has 0 fully saturated rings. The van der Waals surface area contributed by atoms with Crippen LogP contribution in [-0.2, 0) is 6.42 Å². The molecule has 1 rings (SSSR count). The molecule has 0 aliphatic heterocycles. The lowest BCUT2D eigenvalue weighted by Gasteiger charge is -2.09. The second kappa shape index (κ2) is 6.30. The third-order valence-corrected chi connectivity index (χ3v) is 2.27. The van der Waals surface area contributed by atoms with Crippen molar-refractivity contribution in [2.45, 2.75) is 33.6 Å². The van der Waals surface area contributed by atoms with Crippen molar-refractivity contribution in [3.05, 3.63) is 11.9 Å². The molecular formula is C12H21N3O. The van der Waals surface area contributed by atoms with Crippen LogP contribution in [0.15, 0.2) is 6.07 Å². The van der Waals surface area contributed by atoms with Gasteiger partial charge in [0, 0.05) is 19.5 Å². The van der Waals surface area contributed by atoms with Crippen LogP contribution in [0.4, 0.5) is 5.82 Å². The second-order valence-electron chi connectivity index (χ2n) is 4.14. The maximum atomic E-state index is 5.61. The third-order valence-electron chi connectivity index (χ3n) is 2.27. The van der Waals surface area contributed by atoms with E-state index in [1.165, 1.54) is 0 Å². The van der Waals surface area contributed by atoms with Gasteiger partial charge in [-0.2, -0.15) is 4.98 Å². The number of hydrogen-bond acceptors (Lipinski definition) is 4. The Morgan fingerprint density at radius 3 is 2.69 bits per heavy atom. The summed E-state index contributed by atoms with van der Waals surface area (Å²) >= 11 is 0. The van der Waals surface area contributed by atoms with Gasteiger partial charge in [-0.3, -0.25) is 0 Å². The van der Waals surface area contributed by atoms with Crippen LogP contribution in [0.1, 0.15) is 33.0 Å². The molecule has 0 unspecified atom stereocenters. The quantitative estimate of drug-likeness (QED) is 0.805. The first kappa shape index (κ1) is 12.7. The van der Waals surface area contributed by atoms with Crippen LogP contribution in [0.5, 0.6) is 5.88 Å². The van der Waals surface area contributed by atoms with E-state index < -0.39 is 0 Å². The van der Waals surface area contributed by atoms with Gasteiger partial charge in [0.25, 0.3) is 0 Å². The second-order valence-corrected chi connectivity index (χ2v) is 4.14. The summed E-state index contributed by atoms with van der Waals surface area (Å²) in [4.78, 5) is 8.63. The van der Waals surface area contributed by atoms with Gasteiger partial charge in [0.15, 0.2) is 0 Å². The van der Waals surface area contributed by atoms with Gasteiger partial charge in [-0.15, -0.1) is 0 Å². The highest BCUT2D eigenvalue weighted by Gasteiger charge is 2.03. The number of ether oxygens (including phenoxy) is 1. The molecule has 0 saturated carbocycles. The summed E-state index contributed by atoms with van der Waals surface area (Å²) in [7, 11) is 1.85. The first-order chi connectivity index (χ1) is 7.65. The van der Waals surface area contributed by atoms with Crippen molar-refractivity contribution in [3.8, 4) is 5.88 Å². The average Bonchev–Trinajstić information content (AvgIpc) is 2.28. The number of nitrogens with one attached hydrogen (secondary N) is 1. The summed E-state index contributed by atoms with van der Waals surface area (Å²) < 4.78 is 5.61. The Morgan fingerprint density at radius 1 is 1.38 bits per heavy atom. The van der Waals surface area contributed by atoms with Gasteiger partial charge in [-0.25, -0.2) is 4.98 Å². The van der Waals surface area contributed by atoms with Crippen molar-refractivity contribution >= 4 is 5.82 Å². The topological polar surface area (TPSA) is 47.0 Å². The van der Waals surface area contributed by atoms with Crippen LogP contribution >= 0.6 is 0 Å². The molecule has 0 aliphatic rings. The van der Waals surface area contributed by atoms with Crippen LogP contribution in [0.2, 0.25) is 0 Å². The summed E-state index contributed by atoms with van der Waals surface area (Å²) in [5, 5.41) is 3.01. The van der Waals surface area contributed by atoms with Crippen LogP contribution in [0.25, 0.3) is 0 Å². The fourth-order valence-electron chi connectivity index (χ4n) is 1.23. The van der Waals surface area contributed by atoms with E-state index in [0.717, 1.165) is 24.5 Å². The zero-order valence-corrected chi connectivity index (χ0v) is 10.6. The molecule has 0 radical (unpaired) electrons. The fourth-order valence-corrected chi connectivity index (χ4v) is 1.23. The van der Waals surface area contributed by atoms with Crippen molar-refractivity contribution in [2.75, 3.05) is 19.0 Å². The van der Waals surface area contributed by atoms with Gasteiger partial charge in [0.2, 0.25) is 5.88 Å². The molecule has 0 saturated heterocycles. The van der Waals surface area contributed by atoms with Gasteiger partial charge < -0.3 is 10.1 Å². The molecule has 0 aliphatic carbocycles. The highest BCUT2D eigenvalue weighted by Crippen LogP contribution is 2.14. The lowest BCUT2D eigenvalue weighted by atomic mass is 10.1. The zero-order valence-electron chi connectivity index (χ0n) is 10.6. The van der Waals surface area contributed by atoms with Crippen LogP contribution < -0.4 is 10.1 Å². The van der Waals surface area contributed by atoms with E-state index in [-0.39, 0.29) is 0 Å². The summed E-state index contributed by atoms with van der Waals surface area (Å²) in [5.74, 6) is 2.94. The smallest absolute Gasteiger partial charge is 0.218 e. The van der Waals surface area contributed by atoms with Gasteiger partial charge in [0.05, 0.1) is 6.61 Å². The molecule has 0 amide bonds. The van der Waals surface area contributed by atoms with Gasteiger partial charge in [-0.1, -0.05) is 20.8 Å². The zero-order chi connectivity index (χ0) is 12.0. The van der Waals surface area contributed by atoms with Gasteiger partial charge in [-0.05, 0) is 12.3 Å². The molecule has 0 bridgehead atoms. The van der Waals surface area contributed by atoms with Crippen LogP contribution in [0, 0.1) is 5.92 Å². The van der Waals surface area contributed by atoms with Crippen molar-refractivity contribution in [1.82, 2.24) is 9.97 Å². The molecule has 16 heavy (non-hydrogen) atoms. The minimum Gasteiger partial charge on any atom is -0.478 e. The number of rotatable bonds is 6. The maximum absolute atomic E-state index is 5.61. The van der Waals surface area contributed by atoms with E-state index in [0.29, 0.717) is 18.4 Å². The summed E-state index contributed by atoms with van der Waals surface area (Å²) in [6.07, 6.45) is 1.86. The first-order valence-corrected chi connectivity index (χ1v) is 5.84. The number of aromatic nitrogens is 2. The number of anilines is 1. The molecule has 0 spiro atoms. The minimum atomic E-state index is 0.649. The molecule has 90 valence electrons. The Labute approximate surface area is 97.5 Å². The van der Waals surface area contributed by atoms with E-state index >= 15 is 0 Å². The van der Waals surface area contributed by atoms with Crippen molar-refractivity contribution < 1.29 is 4.74 Å². The normalized spacial score (nSPS) is 10.6. The Kier molecular flexibility index (Phi) is 5.02. The van der Waals surface area contributed by atoms with Crippen LogP contribution in [0.3, 0.4) is 0 Å². The lowest BCUT2D eigenvalue weighted by Crippen LogP contribution is -2.06. The number of nitrogens with zero attached hydrogens (tertiary/aromatic N) is 2. The highest BCUT2D eigenvalue weighted by atomic mass is 16.5. The summed E-state index contributed by atoms with van der Waals surface area (Å²) in [5.41, 5.74) is 0. The Balaban J connectivity index is 2.64. The van der Waals surface area contributed by atoms with Gasteiger partial charge >= 0.3 is 0 Å². The standard InChI is InChI=1S/C12H21N3O/c1-5-10-14-11(13-4)8-12(15-10)16-7-6-9(2)3/h8-9H,5-7H2,1-4H3,(H,13,14,15). The molecule has 1 aromatic rings. The van der Waals surface area contributed by atoms with Crippen molar-refractivity contribution in [3.63, 3.8) is 0 Å². The molecule has 4 heteroatoms. The Bertz CT molecular complexity index is 304. The molecular weight excluding hydrogens is 202 g/mol. The third kappa shape index (κ3) is 4.04. The fraction of sp³-hybridized carbons (Fsp3) is 0.667. The largest absolute Gasteiger partial charge is 0.478 e. The predicted molar refractivity (Wildman–Crippen MR) is 65.9 cm³/mol. The Morgan fingerprint density at radius 2 is 2.12 bits per heavy atom. The number of aryl methyl sites for hydroxylation is 1. The average molecular weight is 223 g/mol. The minimum absolute atomic E-state index is 0.649. The van der Waals surface area contributed by atoms with Crippen LogP contribution in [-0.4, -0.2) is 23.6 Å². The SMILES string of the molecule is CCc1nc(NC)cc(OCCC(C)C)n1. The highest BCUT2D eigenvalue weighted by molar-refractivity contribution is 5.37. The summed E-state index contributed by atoms with van der Waals surface area (Å²) in [6.45, 7) is 7.10. The Hall–Kier alpha value is -1.32. The lowest BCUT2D eigenvalue weighted by molar-refractivity contribution is 0.278. The molecule has 1 N–H and O–H groups in total. The van der Waals surface area contributed by atoms with E-state index in [4.69, 9.17) is 4.74 Å². The maximum Gasteiger partial charge on any atom is 0.218 e. The van der Waals surface area contributed by atoms with E-state index in [1.54, 1.807) is 0 Å². The van der Waals surface area contributed by atoms with E-state index in [1.807, 2.05) is 20.0 Å². The molecule has 0 atom stereocenters.